The molecule has 1 amide bonds. The average Bonchev–Trinajstić information content (AvgIpc) is 2.66. The first-order valence-electron chi connectivity index (χ1n) is 8.76. The van der Waals surface area contributed by atoms with E-state index in [1.165, 1.54) is 36.5 Å². The van der Waals surface area contributed by atoms with E-state index < -0.39 is 26.9 Å². The van der Waals surface area contributed by atoms with Crippen LogP contribution in [0.1, 0.15) is 25.0 Å². The van der Waals surface area contributed by atoms with E-state index in [1.807, 2.05) is 6.92 Å². The number of hydrogen-bond acceptors (Lipinski definition) is 6. The minimum atomic E-state index is -3.90. The Morgan fingerprint density at radius 3 is 2.41 bits per heavy atom. The van der Waals surface area contributed by atoms with E-state index in [0.29, 0.717) is 5.56 Å². The fourth-order valence-corrected chi connectivity index (χ4v) is 3.75. The van der Waals surface area contributed by atoms with Crippen LogP contribution < -0.4 is 10.1 Å². The number of nitro benzene ring substituents is 1. The topological polar surface area (TPSA) is 131 Å². The largest absolute Gasteiger partial charge is 0.271 e. The lowest BCUT2D eigenvalue weighted by Gasteiger charge is -2.20. The van der Waals surface area contributed by atoms with Crippen molar-refractivity contribution in [1.82, 2.24) is 10.1 Å². The third kappa shape index (κ3) is 6.19. The molecule has 0 aromatic heterocycles. The highest BCUT2D eigenvalue weighted by atomic mass is 32.2. The van der Waals surface area contributed by atoms with Crippen LogP contribution in [0.4, 0.5) is 5.69 Å². The molecule has 0 aliphatic rings. The van der Waals surface area contributed by atoms with Crippen LogP contribution in [0.3, 0.4) is 0 Å². The number of benzene rings is 2. The molecule has 2 rings (SSSR count). The number of amides is 1. The quantitative estimate of drug-likeness (QED) is 0.386. The molecule has 9 nitrogen and oxygen atoms in total. The first-order valence-corrected chi connectivity index (χ1v) is 10.2. The van der Waals surface area contributed by atoms with Crippen LogP contribution in [-0.2, 0) is 14.8 Å². The summed E-state index contributed by atoms with van der Waals surface area (Å²) in [5.74, 6) is -0.986. The summed E-state index contributed by atoms with van der Waals surface area (Å²) >= 11 is 0. The van der Waals surface area contributed by atoms with Crippen molar-refractivity contribution in [2.24, 2.45) is 11.0 Å². The molecule has 0 spiro atoms. The Kier molecular flexibility index (Phi) is 7.18. The molecule has 0 aliphatic heterocycles. The Hall–Kier alpha value is -3.11. The molecule has 0 bridgehead atoms. The Morgan fingerprint density at radius 2 is 1.83 bits per heavy atom. The number of nitro groups is 1. The van der Waals surface area contributed by atoms with Crippen molar-refractivity contribution in [3.8, 4) is 0 Å². The molecule has 2 aromatic rings. The van der Waals surface area contributed by atoms with Crippen molar-refractivity contribution in [1.29, 1.82) is 0 Å². The second-order valence-electron chi connectivity index (χ2n) is 6.74. The van der Waals surface area contributed by atoms with Gasteiger partial charge in [-0.3, -0.25) is 14.9 Å². The molecule has 0 saturated heterocycles. The molecule has 0 radical (unpaired) electrons. The minimum Gasteiger partial charge on any atom is -0.271 e. The first kappa shape index (κ1) is 22.2. The summed E-state index contributed by atoms with van der Waals surface area (Å²) in [5, 5.41) is 14.6. The van der Waals surface area contributed by atoms with Gasteiger partial charge in [0.05, 0.1) is 16.0 Å². The van der Waals surface area contributed by atoms with Crippen molar-refractivity contribution in [2.45, 2.75) is 31.7 Å². The van der Waals surface area contributed by atoms with Crippen LogP contribution in [0.2, 0.25) is 0 Å². The van der Waals surface area contributed by atoms with Crippen LogP contribution in [-0.4, -0.2) is 31.5 Å². The monoisotopic (exact) mass is 418 g/mol. The lowest BCUT2D eigenvalue weighted by Crippen LogP contribution is -2.48. The highest BCUT2D eigenvalue weighted by Gasteiger charge is 2.28. The van der Waals surface area contributed by atoms with Gasteiger partial charge in [-0.25, -0.2) is 13.8 Å². The molecule has 0 unspecified atom stereocenters. The highest BCUT2D eigenvalue weighted by Crippen LogP contribution is 2.13. The van der Waals surface area contributed by atoms with Gasteiger partial charge in [0.15, 0.2) is 0 Å². The van der Waals surface area contributed by atoms with Gasteiger partial charge in [0, 0.05) is 17.7 Å². The molecule has 0 saturated carbocycles. The number of non-ortho nitro benzene ring substituents is 1. The van der Waals surface area contributed by atoms with Crippen molar-refractivity contribution in [2.75, 3.05) is 0 Å². The van der Waals surface area contributed by atoms with Gasteiger partial charge < -0.3 is 0 Å². The zero-order valence-corrected chi connectivity index (χ0v) is 17.0. The molecule has 0 aliphatic carbocycles. The first-order chi connectivity index (χ1) is 13.6. The summed E-state index contributed by atoms with van der Waals surface area (Å²) in [7, 11) is -3.90. The molecule has 1 atom stereocenters. The van der Waals surface area contributed by atoms with Crippen LogP contribution in [0, 0.1) is 23.0 Å². The molecule has 10 heteroatoms. The summed E-state index contributed by atoms with van der Waals surface area (Å²) in [6, 6.07) is 10.9. The number of nitrogens with zero attached hydrogens (tertiary/aromatic N) is 2. The fraction of sp³-hybridized carbons (Fsp3) is 0.263. The number of rotatable bonds is 8. The Labute approximate surface area is 169 Å². The maximum atomic E-state index is 12.6. The Balaban J connectivity index is 2.10. The molecular weight excluding hydrogens is 396 g/mol. The van der Waals surface area contributed by atoms with Gasteiger partial charge in [0.1, 0.15) is 6.04 Å². The van der Waals surface area contributed by atoms with Crippen molar-refractivity contribution < 1.29 is 18.1 Å². The third-order valence-corrected chi connectivity index (χ3v) is 5.49. The van der Waals surface area contributed by atoms with Crippen molar-refractivity contribution in [3.05, 3.63) is 69.8 Å². The van der Waals surface area contributed by atoms with Gasteiger partial charge in [0.25, 0.3) is 11.6 Å². The van der Waals surface area contributed by atoms with Crippen LogP contribution in [0.5, 0.6) is 0 Å². The maximum Gasteiger partial charge on any atom is 0.270 e. The number of carbonyl (C=O) groups excluding carboxylic acids is 1. The number of hydrazone groups is 1. The van der Waals surface area contributed by atoms with E-state index in [1.54, 1.807) is 32.0 Å². The lowest BCUT2D eigenvalue weighted by molar-refractivity contribution is -0.384. The zero-order chi connectivity index (χ0) is 21.6. The zero-order valence-electron chi connectivity index (χ0n) is 16.2. The van der Waals surface area contributed by atoms with Gasteiger partial charge in [-0.05, 0) is 25.0 Å². The molecule has 2 N–H and O–H groups in total. The number of sulfonamides is 1. The van der Waals surface area contributed by atoms with E-state index in [4.69, 9.17) is 0 Å². The summed E-state index contributed by atoms with van der Waals surface area (Å²) in [6.45, 7) is 5.24. The SMILES string of the molecule is Cc1ccc(S(=O)(=O)N[C@@H](C(=O)N/N=C\c2cccc([N+](=O)[O-])c2)C(C)C)cc1. The van der Waals surface area contributed by atoms with E-state index in [-0.39, 0.29) is 16.5 Å². The van der Waals surface area contributed by atoms with Crippen LogP contribution >= 0.6 is 0 Å². The number of carbonyl (C=O) groups is 1. The van der Waals surface area contributed by atoms with E-state index in [2.05, 4.69) is 15.2 Å². The Bertz CT molecular complexity index is 1020. The maximum absolute atomic E-state index is 12.6. The molecule has 0 fully saturated rings. The molecule has 2 aromatic carbocycles. The summed E-state index contributed by atoms with van der Waals surface area (Å²) in [5.41, 5.74) is 3.50. The van der Waals surface area contributed by atoms with Gasteiger partial charge >= 0.3 is 0 Å². The molecule has 154 valence electrons. The standard InChI is InChI=1S/C19H22N4O5S/c1-13(2)18(22-29(27,28)17-9-7-14(3)8-10-17)19(24)21-20-12-15-5-4-6-16(11-15)23(25)26/h4-13,18,22H,1-3H3,(H,21,24)/b20-12-/t18-/m1/s1. The number of hydrogen-bond donors (Lipinski definition) is 2. The van der Waals surface area contributed by atoms with Gasteiger partial charge in [0.2, 0.25) is 10.0 Å². The van der Waals surface area contributed by atoms with Gasteiger partial charge in [-0.15, -0.1) is 0 Å². The second-order valence-corrected chi connectivity index (χ2v) is 8.46. The highest BCUT2D eigenvalue weighted by molar-refractivity contribution is 7.89. The average molecular weight is 418 g/mol. The molecule has 29 heavy (non-hydrogen) atoms. The van der Waals surface area contributed by atoms with Crippen molar-refractivity contribution >= 4 is 27.8 Å². The fourth-order valence-electron chi connectivity index (χ4n) is 2.40. The van der Waals surface area contributed by atoms with Crippen LogP contribution in [0.25, 0.3) is 0 Å². The van der Waals surface area contributed by atoms with E-state index in [9.17, 15) is 23.3 Å². The van der Waals surface area contributed by atoms with Crippen LogP contribution in [0.15, 0.2) is 58.5 Å². The summed E-state index contributed by atoms with van der Waals surface area (Å²) in [6.07, 6.45) is 1.25. The third-order valence-electron chi connectivity index (χ3n) is 4.03. The van der Waals surface area contributed by atoms with E-state index in [0.717, 1.165) is 5.56 Å². The van der Waals surface area contributed by atoms with E-state index >= 15 is 0 Å². The Morgan fingerprint density at radius 1 is 1.17 bits per heavy atom. The summed E-state index contributed by atoms with van der Waals surface area (Å²) in [4.78, 5) is 22.8. The molecular formula is C19H22N4O5S. The van der Waals surface area contributed by atoms with Crippen molar-refractivity contribution in [3.63, 3.8) is 0 Å². The number of nitrogens with one attached hydrogen (secondary N) is 2. The predicted molar refractivity (Wildman–Crippen MR) is 109 cm³/mol. The van der Waals surface area contributed by atoms with Gasteiger partial charge in [-0.1, -0.05) is 43.7 Å². The molecule has 0 heterocycles. The summed E-state index contributed by atoms with van der Waals surface area (Å²) < 4.78 is 27.5. The smallest absolute Gasteiger partial charge is 0.270 e. The lowest BCUT2D eigenvalue weighted by atomic mass is 10.1. The second kappa shape index (κ2) is 9.39. The normalized spacial score (nSPS) is 12.8. The predicted octanol–water partition coefficient (Wildman–Crippen LogP) is 2.36. The number of aryl methyl sites for hydroxylation is 1. The van der Waals surface area contributed by atoms with Gasteiger partial charge in [-0.2, -0.15) is 9.82 Å². The minimum absolute atomic E-state index is 0.0571.